The second-order valence-electron chi connectivity index (χ2n) is 5.77. The molecule has 0 fully saturated rings. The van der Waals surface area contributed by atoms with Gasteiger partial charge in [-0.2, -0.15) is 10.1 Å². The Balaban J connectivity index is 1.66. The number of aryl methyl sites for hydroxylation is 2. The third-order valence-electron chi connectivity index (χ3n) is 3.75. The molecule has 1 aromatic carbocycles. The van der Waals surface area contributed by atoms with Gasteiger partial charge in [-0.1, -0.05) is 40.5 Å². The monoisotopic (exact) mass is 423 g/mol. The van der Waals surface area contributed by atoms with Gasteiger partial charge in [0.05, 0.1) is 11.9 Å². The molecule has 0 saturated heterocycles. The highest BCUT2D eigenvalue weighted by atomic mass is 35.5. The van der Waals surface area contributed by atoms with Gasteiger partial charge in [0, 0.05) is 11.4 Å². The van der Waals surface area contributed by atoms with Crippen molar-refractivity contribution in [1.29, 1.82) is 0 Å². The molecule has 0 atom stereocenters. The molecule has 0 aliphatic heterocycles. The molecule has 28 heavy (non-hydrogen) atoms. The second kappa shape index (κ2) is 8.96. The van der Waals surface area contributed by atoms with Gasteiger partial charge in [0.15, 0.2) is 5.82 Å². The van der Waals surface area contributed by atoms with Crippen LogP contribution in [0.2, 0.25) is 10.0 Å². The van der Waals surface area contributed by atoms with Crippen LogP contribution >= 0.6 is 23.2 Å². The van der Waals surface area contributed by atoms with Crippen molar-refractivity contribution in [2.75, 3.05) is 11.9 Å². The molecule has 0 aliphatic carbocycles. The molecule has 0 radical (unpaired) electrons. The number of aliphatic hydroxyl groups is 1. The number of amides is 1. The van der Waals surface area contributed by atoms with E-state index in [9.17, 15) is 9.59 Å². The summed E-state index contributed by atoms with van der Waals surface area (Å²) >= 11 is 11.8. The van der Waals surface area contributed by atoms with E-state index in [1.807, 2.05) is 24.3 Å². The Bertz CT molecular complexity index is 1030. The van der Waals surface area contributed by atoms with Gasteiger partial charge >= 0.3 is 0 Å². The van der Waals surface area contributed by atoms with Gasteiger partial charge in [-0.05, 0) is 24.1 Å². The smallest absolute Gasteiger partial charge is 0.288 e. The molecule has 0 spiro atoms. The van der Waals surface area contributed by atoms with E-state index in [1.165, 1.54) is 6.20 Å². The molecule has 9 nitrogen and oxygen atoms in total. The fourth-order valence-electron chi connectivity index (χ4n) is 2.35. The first kappa shape index (κ1) is 20.0. The van der Waals surface area contributed by atoms with Crippen LogP contribution in [0.1, 0.15) is 17.3 Å². The lowest BCUT2D eigenvalue weighted by Crippen LogP contribution is -2.26. The van der Waals surface area contributed by atoms with Crippen molar-refractivity contribution in [3.05, 3.63) is 68.1 Å². The fourth-order valence-corrected chi connectivity index (χ4v) is 2.67. The van der Waals surface area contributed by atoms with Crippen LogP contribution in [0.5, 0.6) is 0 Å². The Kier molecular flexibility index (Phi) is 6.40. The topological polar surface area (TPSA) is 123 Å². The molecular formula is C17H15Cl2N5O4. The number of carbonyl (C=O) groups is 1. The van der Waals surface area contributed by atoms with E-state index in [0.29, 0.717) is 23.7 Å². The molecule has 2 N–H and O–H groups in total. The minimum Gasteiger partial charge on any atom is -0.387 e. The first-order valence-corrected chi connectivity index (χ1v) is 8.94. The quantitative estimate of drug-likeness (QED) is 0.592. The molecule has 11 heteroatoms. The number of aliphatic hydroxyl groups excluding tert-OH is 1. The second-order valence-corrected chi connectivity index (χ2v) is 6.59. The van der Waals surface area contributed by atoms with Crippen LogP contribution in [0.4, 0.5) is 5.69 Å². The summed E-state index contributed by atoms with van der Waals surface area (Å²) in [4.78, 5) is 27.7. The van der Waals surface area contributed by atoms with Crippen LogP contribution in [0.3, 0.4) is 0 Å². The minimum absolute atomic E-state index is 0.0103. The predicted molar refractivity (Wildman–Crippen MR) is 101 cm³/mol. The highest BCUT2D eigenvalue weighted by Crippen LogP contribution is 2.15. The number of halogens is 2. The zero-order chi connectivity index (χ0) is 20.1. The lowest BCUT2D eigenvalue weighted by Gasteiger charge is -2.07. The first-order chi connectivity index (χ1) is 13.5. The molecule has 0 unspecified atom stereocenters. The number of hydrogen-bond donors (Lipinski definition) is 2. The van der Waals surface area contributed by atoms with Gasteiger partial charge in [0.1, 0.15) is 18.2 Å². The zero-order valence-corrected chi connectivity index (χ0v) is 15.9. The molecule has 2 heterocycles. The number of hydrogen-bond acceptors (Lipinski definition) is 7. The van der Waals surface area contributed by atoms with Crippen molar-refractivity contribution < 1.29 is 14.4 Å². The van der Waals surface area contributed by atoms with Gasteiger partial charge < -0.3 is 14.9 Å². The summed E-state index contributed by atoms with van der Waals surface area (Å²) in [6.07, 6.45) is 2.47. The van der Waals surface area contributed by atoms with Gasteiger partial charge in [0.25, 0.3) is 5.56 Å². The molecule has 1 amide bonds. The molecule has 0 aliphatic rings. The molecule has 3 rings (SSSR count). The summed E-state index contributed by atoms with van der Waals surface area (Å²) in [5.74, 6) is -0.0112. The predicted octanol–water partition coefficient (Wildman–Crippen LogP) is 1.70. The van der Waals surface area contributed by atoms with E-state index in [1.54, 1.807) is 0 Å². The third-order valence-corrected chi connectivity index (χ3v) is 4.37. The van der Waals surface area contributed by atoms with Crippen molar-refractivity contribution in [3.63, 3.8) is 0 Å². The third kappa shape index (κ3) is 4.94. The normalized spacial score (nSPS) is 10.8. The minimum atomic E-state index is -0.736. The molecule has 0 bridgehead atoms. The Morgan fingerprint density at radius 1 is 1.21 bits per heavy atom. The summed E-state index contributed by atoms with van der Waals surface area (Å²) in [6, 6.07) is 7.47. The Hall–Kier alpha value is -2.75. The Morgan fingerprint density at radius 2 is 1.96 bits per heavy atom. The Labute approximate surface area is 168 Å². The maximum atomic E-state index is 12.3. The molecule has 0 saturated carbocycles. The highest BCUT2D eigenvalue weighted by Gasteiger charge is 2.14. The van der Waals surface area contributed by atoms with Crippen molar-refractivity contribution in [1.82, 2.24) is 19.9 Å². The molecule has 2 aromatic heterocycles. The van der Waals surface area contributed by atoms with Gasteiger partial charge in [0.2, 0.25) is 11.8 Å². The van der Waals surface area contributed by atoms with Gasteiger partial charge in [-0.15, -0.1) is 0 Å². The van der Waals surface area contributed by atoms with Crippen molar-refractivity contribution in [3.8, 4) is 0 Å². The zero-order valence-electron chi connectivity index (χ0n) is 14.4. The van der Waals surface area contributed by atoms with Crippen LogP contribution in [0.25, 0.3) is 0 Å². The summed E-state index contributed by atoms with van der Waals surface area (Å²) < 4.78 is 6.19. The summed E-state index contributed by atoms with van der Waals surface area (Å²) in [5.41, 5.74) is 0.454. The first-order valence-electron chi connectivity index (χ1n) is 8.18. The van der Waals surface area contributed by atoms with Crippen LogP contribution < -0.4 is 10.9 Å². The van der Waals surface area contributed by atoms with Crippen molar-refractivity contribution >= 4 is 34.8 Å². The van der Waals surface area contributed by atoms with E-state index in [-0.39, 0.29) is 23.1 Å². The number of anilines is 1. The van der Waals surface area contributed by atoms with Crippen LogP contribution in [0, 0.1) is 0 Å². The average molecular weight is 424 g/mol. The van der Waals surface area contributed by atoms with Gasteiger partial charge in [-0.3, -0.25) is 9.59 Å². The van der Waals surface area contributed by atoms with Crippen molar-refractivity contribution in [2.45, 2.75) is 19.4 Å². The number of carbonyl (C=O) groups excluding carboxylic acids is 1. The van der Waals surface area contributed by atoms with E-state index in [0.717, 1.165) is 10.2 Å². The van der Waals surface area contributed by atoms with Gasteiger partial charge in [-0.25, -0.2) is 4.68 Å². The number of benzene rings is 1. The maximum absolute atomic E-state index is 12.3. The summed E-state index contributed by atoms with van der Waals surface area (Å²) in [5, 5.41) is 19.3. The van der Waals surface area contributed by atoms with E-state index >= 15 is 0 Å². The SMILES string of the molecule is O=C(CO)Nc1cnn(Cc2nc(CCc3ccc(Cl)cc3)no2)c(=O)c1Cl. The molecule has 146 valence electrons. The standard InChI is InChI=1S/C17H15Cl2N5O4/c18-11-4-1-10(2-5-11)3-6-13-22-15(28-23-13)8-24-17(27)16(19)12(7-20-24)21-14(26)9-25/h1-2,4-5,7,25H,3,6,8-9H2,(H,21,26). The van der Waals surface area contributed by atoms with Crippen molar-refractivity contribution in [2.24, 2.45) is 0 Å². The Morgan fingerprint density at radius 3 is 2.68 bits per heavy atom. The summed E-state index contributed by atoms with van der Waals surface area (Å²) in [7, 11) is 0. The van der Waals surface area contributed by atoms with Crippen LogP contribution in [-0.2, 0) is 24.2 Å². The number of nitrogens with zero attached hydrogens (tertiary/aromatic N) is 4. The number of nitrogens with one attached hydrogen (secondary N) is 1. The number of rotatable bonds is 7. The lowest BCUT2D eigenvalue weighted by molar-refractivity contribution is -0.118. The average Bonchev–Trinajstić information content (AvgIpc) is 3.14. The highest BCUT2D eigenvalue weighted by molar-refractivity contribution is 6.33. The molecular weight excluding hydrogens is 409 g/mol. The number of aromatic nitrogens is 4. The fraction of sp³-hybridized carbons (Fsp3) is 0.235. The van der Waals surface area contributed by atoms with E-state index < -0.39 is 18.1 Å². The maximum Gasteiger partial charge on any atom is 0.288 e. The van der Waals surface area contributed by atoms with Crippen LogP contribution in [0.15, 0.2) is 39.8 Å². The largest absolute Gasteiger partial charge is 0.387 e. The summed E-state index contributed by atoms with van der Waals surface area (Å²) in [6.45, 7) is -0.805. The van der Waals surface area contributed by atoms with Crippen LogP contribution in [-0.4, -0.2) is 37.5 Å². The molecule has 3 aromatic rings. The van der Waals surface area contributed by atoms with E-state index in [2.05, 4.69) is 20.6 Å². The van der Waals surface area contributed by atoms with E-state index in [4.69, 9.17) is 32.8 Å². The lowest BCUT2D eigenvalue weighted by atomic mass is 10.1.